The third-order valence-electron chi connectivity index (χ3n) is 9.84. The summed E-state index contributed by atoms with van der Waals surface area (Å²) >= 11 is 0. The van der Waals surface area contributed by atoms with Crippen LogP contribution in [0.25, 0.3) is 0 Å². The molecule has 0 aromatic carbocycles. The molecule has 8 unspecified atom stereocenters. The summed E-state index contributed by atoms with van der Waals surface area (Å²) in [6, 6.07) is 3.58. The predicted octanol–water partition coefficient (Wildman–Crippen LogP) is 5.13. The van der Waals surface area contributed by atoms with Crippen LogP contribution in [0.3, 0.4) is 0 Å². The smallest absolute Gasteiger partial charge is 0.335 e. The van der Waals surface area contributed by atoms with Gasteiger partial charge in [-0.2, -0.15) is 0 Å². The van der Waals surface area contributed by atoms with Crippen molar-refractivity contribution in [2.24, 2.45) is 34.5 Å². The van der Waals surface area contributed by atoms with Gasteiger partial charge in [0.15, 0.2) is 0 Å². The highest BCUT2D eigenvalue weighted by Crippen LogP contribution is 2.68. The molecule has 0 saturated heterocycles. The van der Waals surface area contributed by atoms with Crippen molar-refractivity contribution in [2.75, 3.05) is 0 Å². The topological polar surface area (TPSA) is 50.4 Å². The van der Waals surface area contributed by atoms with E-state index in [0.29, 0.717) is 17.3 Å². The molecular formula is C24H34O3. The molecule has 27 heavy (non-hydrogen) atoms. The van der Waals surface area contributed by atoms with E-state index in [-0.39, 0.29) is 17.1 Å². The molecule has 4 fully saturated rings. The Morgan fingerprint density at radius 1 is 1.00 bits per heavy atom. The van der Waals surface area contributed by atoms with E-state index in [9.17, 15) is 9.90 Å². The van der Waals surface area contributed by atoms with Crippen molar-refractivity contribution in [1.82, 2.24) is 0 Å². The monoisotopic (exact) mass is 370 g/mol. The van der Waals surface area contributed by atoms with Crippen LogP contribution in [-0.2, 0) is 0 Å². The molecular weight excluding hydrogens is 336 g/mol. The Bertz CT molecular complexity index is 749. The second-order valence-electron chi connectivity index (χ2n) is 10.5. The van der Waals surface area contributed by atoms with Crippen molar-refractivity contribution >= 4 is 0 Å². The van der Waals surface area contributed by atoms with Gasteiger partial charge >= 0.3 is 5.63 Å². The zero-order valence-electron chi connectivity index (χ0n) is 16.8. The molecule has 3 heteroatoms. The first-order chi connectivity index (χ1) is 12.9. The fourth-order valence-electron chi connectivity index (χ4n) is 8.43. The van der Waals surface area contributed by atoms with E-state index in [1.54, 1.807) is 12.3 Å². The van der Waals surface area contributed by atoms with E-state index in [2.05, 4.69) is 13.8 Å². The quantitative estimate of drug-likeness (QED) is 0.746. The van der Waals surface area contributed by atoms with Crippen LogP contribution in [0.5, 0.6) is 0 Å². The fraction of sp³-hybridized carbons (Fsp3) is 0.792. The van der Waals surface area contributed by atoms with Gasteiger partial charge < -0.3 is 9.52 Å². The number of hydrogen-bond donors (Lipinski definition) is 1. The zero-order valence-corrected chi connectivity index (χ0v) is 16.8. The van der Waals surface area contributed by atoms with Gasteiger partial charge in [-0.1, -0.05) is 20.3 Å². The van der Waals surface area contributed by atoms with Gasteiger partial charge in [-0.15, -0.1) is 0 Å². The molecule has 1 aromatic heterocycles. The molecule has 3 nitrogen and oxygen atoms in total. The molecule has 0 radical (unpaired) electrons. The first-order valence-electron chi connectivity index (χ1n) is 11.2. The van der Waals surface area contributed by atoms with Crippen molar-refractivity contribution in [1.29, 1.82) is 0 Å². The van der Waals surface area contributed by atoms with Gasteiger partial charge in [-0.25, -0.2) is 4.79 Å². The molecule has 4 aliphatic carbocycles. The van der Waals surface area contributed by atoms with Crippen molar-refractivity contribution in [3.05, 3.63) is 34.4 Å². The van der Waals surface area contributed by atoms with Crippen molar-refractivity contribution in [3.63, 3.8) is 0 Å². The standard InChI is InChI=1S/C24H34O3/c1-23-13-12-20-17(8-7-16-4-3-5-21(25)24(16,20)2)19(23)10-9-18(23)15-6-11-22(26)27-14-15/h6,11,14,16-21,25H,3-5,7-10,12-13H2,1-2H3. The highest BCUT2D eigenvalue weighted by atomic mass is 16.4. The molecule has 0 bridgehead atoms. The third kappa shape index (κ3) is 2.46. The molecule has 8 atom stereocenters. The molecule has 1 N–H and O–H groups in total. The first kappa shape index (κ1) is 18.0. The number of aliphatic hydroxyl groups is 1. The van der Waals surface area contributed by atoms with Crippen molar-refractivity contribution < 1.29 is 9.52 Å². The second-order valence-corrected chi connectivity index (χ2v) is 10.5. The minimum absolute atomic E-state index is 0.103. The summed E-state index contributed by atoms with van der Waals surface area (Å²) in [6.07, 6.45) is 12.8. The summed E-state index contributed by atoms with van der Waals surface area (Å²) in [5.41, 5.74) is 1.42. The normalized spacial score (nSPS) is 49.1. The maximum Gasteiger partial charge on any atom is 0.335 e. The van der Waals surface area contributed by atoms with E-state index in [0.717, 1.165) is 24.2 Å². The van der Waals surface area contributed by atoms with Gasteiger partial charge in [0.25, 0.3) is 0 Å². The Balaban J connectivity index is 1.46. The number of hydrogen-bond acceptors (Lipinski definition) is 3. The van der Waals surface area contributed by atoms with Crippen LogP contribution >= 0.6 is 0 Å². The summed E-state index contributed by atoms with van der Waals surface area (Å²) < 4.78 is 5.21. The summed E-state index contributed by atoms with van der Waals surface area (Å²) in [5.74, 6) is 3.44. The average molecular weight is 371 g/mol. The lowest BCUT2D eigenvalue weighted by Gasteiger charge is -2.61. The lowest BCUT2D eigenvalue weighted by Crippen LogP contribution is -2.57. The SMILES string of the molecule is CC12CCC3C(CCC4CCCC(O)C43C)C1CCC2c1ccc(=O)oc1. The van der Waals surface area contributed by atoms with Gasteiger partial charge in [0, 0.05) is 6.07 Å². The van der Waals surface area contributed by atoms with Crippen LogP contribution in [0.15, 0.2) is 27.6 Å². The van der Waals surface area contributed by atoms with E-state index in [1.165, 1.54) is 56.9 Å². The molecule has 5 rings (SSSR count). The van der Waals surface area contributed by atoms with Gasteiger partial charge in [0.2, 0.25) is 0 Å². The van der Waals surface area contributed by atoms with Crippen molar-refractivity contribution in [3.8, 4) is 0 Å². The largest absolute Gasteiger partial charge is 0.431 e. The Morgan fingerprint density at radius 3 is 2.63 bits per heavy atom. The number of rotatable bonds is 1. The van der Waals surface area contributed by atoms with Crippen LogP contribution in [0.2, 0.25) is 0 Å². The number of aliphatic hydroxyl groups excluding tert-OH is 1. The lowest BCUT2D eigenvalue weighted by atomic mass is 9.44. The molecule has 1 heterocycles. The minimum Gasteiger partial charge on any atom is -0.431 e. The molecule has 148 valence electrons. The van der Waals surface area contributed by atoms with E-state index >= 15 is 0 Å². The highest BCUT2D eigenvalue weighted by Gasteiger charge is 2.61. The number of fused-ring (bicyclic) bond motifs is 5. The van der Waals surface area contributed by atoms with Crippen molar-refractivity contribution in [2.45, 2.75) is 83.7 Å². The second kappa shape index (κ2) is 6.20. The van der Waals surface area contributed by atoms with Crippen LogP contribution in [0.1, 0.15) is 83.1 Å². The Morgan fingerprint density at radius 2 is 1.85 bits per heavy atom. The lowest BCUT2D eigenvalue weighted by molar-refractivity contribution is -0.160. The molecule has 0 amide bonds. The van der Waals surface area contributed by atoms with E-state index in [1.807, 2.05) is 6.07 Å². The molecule has 4 saturated carbocycles. The van der Waals surface area contributed by atoms with Crippen LogP contribution < -0.4 is 5.63 Å². The van der Waals surface area contributed by atoms with Crippen LogP contribution in [0.4, 0.5) is 0 Å². The zero-order chi connectivity index (χ0) is 18.8. The van der Waals surface area contributed by atoms with Gasteiger partial charge in [0.1, 0.15) is 0 Å². The maximum atomic E-state index is 11.4. The van der Waals surface area contributed by atoms with E-state index in [4.69, 9.17) is 4.42 Å². The fourth-order valence-corrected chi connectivity index (χ4v) is 8.43. The average Bonchev–Trinajstić information content (AvgIpc) is 3.01. The van der Waals surface area contributed by atoms with E-state index < -0.39 is 0 Å². The Hall–Kier alpha value is -1.09. The van der Waals surface area contributed by atoms with Gasteiger partial charge in [-0.05, 0) is 103 Å². The maximum absolute atomic E-state index is 11.4. The van der Waals surface area contributed by atoms with Crippen LogP contribution in [0, 0.1) is 34.5 Å². The van der Waals surface area contributed by atoms with Gasteiger partial charge in [-0.3, -0.25) is 0 Å². The molecule has 4 aliphatic rings. The summed E-state index contributed by atoms with van der Waals surface area (Å²) in [5, 5.41) is 11.0. The summed E-state index contributed by atoms with van der Waals surface area (Å²) in [7, 11) is 0. The highest BCUT2D eigenvalue weighted by molar-refractivity contribution is 5.22. The summed E-state index contributed by atoms with van der Waals surface area (Å²) in [6.45, 7) is 4.93. The summed E-state index contributed by atoms with van der Waals surface area (Å²) in [4.78, 5) is 11.4. The first-order valence-corrected chi connectivity index (χ1v) is 11.2. The Kier molecular flexibility index (Phi) is 4.13. The minimum atomic E-state index is -0.250. The van der Waals surface area contributed by atoms with Gasteiger partial charge in [0.05, 0.1) is 12.4 Å². The molecule has 0 spiro atoms. The van der Waals surface area contributed by atoms with Crippen LogP contribution in [-0.4, -0.2) is 11.2 Å². The Labute approximate surface area is 162 Å². The third-order valence-corrected chi connectivity index (χ3v) is 9.84. The molecule has 0 aliphatic heterocycles. The molecule has 1 aromatic rings. The predicted molar refractivity (Wildman–Crippen MR) is 105 cm³/mol.